The summed E-state index contributed by atoms with van der Waals surface area (Å²) in [6, 6.07) is 14.6. The predicted octanol–water partition coefficient (Wildman–Crippen LogP) is 3.44. The van der Waals surface area contributed by atoms with Gasteiger partial charge in [0.25, 0.3) is 0 Å². The van der Waals surface area contributed by atoms with Gasteiger partial charge in [-0.2, -0.15) is 5.10 Å². The van der Waals surface area contributed by atoms with Crippen molar-refractivity contribution in [2.24, 2.45) is 0 Å². The molecule has 6 heteroatoms. The van der Waals surface area contributed by atoms with E-state index in [4.69, 9.17) is 4.74 Å². The number of methoxy groups -OCH3 is 1. The quantitative estimate of drug-likeness (QED) is 0.780. The van der Waals surface area contributed by atoms with Crippen LogP contribution in [0, 0.1) is 5.82 Å². The van der Waals surface area contributed by atoms with Gasteiger partial charge >= 0.3 is 5.97 Å². The van der Waals surface area contributed by atoms with E-state index >= 15 is 0 Å². The molecule has 1 heterocycles. The smallest absolute Gasteiger partial charge is 0.354 e. The number of aromatic carboxylic acids is 1. The minimum Gasteiger partial charge on any atom is -0.497 e. The van der Waals surface area contributed by atoms with Crippen LogP contribution in [-0.2, 0) is 6.54 Å². The van der Waals surface area contributed by atoms with Crippen molar-refractivity contribution in [2.75, 3.05) is 7.11 Å². The van der Waals surface area contributed by atoms with E-state index in [1.54, 1.807) is 31.4 Å². The summed E-state index contributed by atoms with van der Waals surface area (Å²) in [6.07, 6.45) is 0. The highest BCUT2D eigenvalue weighted by molar-refractivity contribution is 5.87. The first-order valence-corrected chi connectivity index (χ1v) is 7.27. The Bertz CT molecular complexity index is 855. The molecule has 0 bridgehead atoms. The normalized spacial score (nSPS) is 10.6. The Morgan fingerprint density at radius 1 is 1.17 bits per heavy atom. The Morgan fingerprint density at radius 3 is 2.42 bits per heavy atom. The molecule has 0 saturated carbocycles. The molecule has 3 aromatic rings. The maximum absolute atomic E-state index is 13.0. The molecular formula is C18H15FN2O3. The van der Waals surface area contributed by atoms with Crippen LogP contribution in [0.15, 0.2) is 54.6 Å². The number of hydrogen-bond acceptors (Lipinski definition) is 3. The Hall–Kier alpha value is -3.15. The summed E-state index contributed by atoms with van der Waals surface area (Å²) in [5, 5.41) is 13.8. The SMILES string of the molecule is COc1ccc(-c2cc(C(=O)O)n(Cc3ccc(F)cc3)n2)cc1. The van der Waals surface area contributed by atoms with Crippen LogP contribution < -0.4 is 4.74 Å². The average molecular weight is 326 g/mol. The van der Waals surface area contributed by atoms with Crippen LogP contribution in [-0.4, -0.2) is 28.0 Å². The second-order valence-corrected chi connectivity index (χ2v) is 5.23. The van der Waals surface area contributed by atoms with Crippen LogP contribution >= 0.6 is 0 Å². The lowest BCUT2D eigenvalue weighted by Crippen LogP contribution is -2.10. The Labute approximate surface area is 137 Å². The van der Waals surface area contributed by atoms with Crippen molar-refractivity contribution >= 4 is 5.97 Å². The predicted molar refractivity (Wildman–Crippen MR) is 86.7 cm³/mol. The highest BCUT2D eigenvalue weighted by Crippen LogP contribution is 2.23. The highest BCUT2D eigenvalue weighted by atomic mass is 19.1. The highest BCUT2D eigenvalue weighted by Gasteiger charge is 2.15. The van der Waals surface area contributed by atoms with Gasteiger partial charge in [0.05, 0.1) is 19.3 Å². The third-order valence-corrected chi connectivity index (χ3v) is 3.63. The van der Waals surface area contributed by atoms with Gasteiger partial charge in [-0.15, -0.1) is 0 Å². The molecule has 0 aliphatic rings. The molecule has 0 radical (unpaired) electrons. The number of halogens is 1. The van der Waals surface area contributed by atoms with Crippen LogP contribution in [0.3, 0.4) is 0 Å². The number of carbonyl (C=O) groups is 1. The molecule has 0 fully saturated rings. The summed E-state index contributed by atoms with van der Waals surface area (Å²) in [4.78, 5) is 11.5. The summed E-state index contributed by atoms with van der Waals surface area (Å²) in [6.45, 7) is 0.248. The van der Waals surface area contributed by atoms with E-state index in [1.165, 1.54) is 22.9 Å². The van der Waals surface area contributed by atoms with Crippen molar-refractivity contribution in [1.82, 2.24) is 9.78 Å². The van der Waals surface area contributed by atoms with Gasteiger partial charge in [-0.25, -0.2) is 9.18 Å². The minimum absolute atomic E-state index is 0.0742. The molecule has 0 aliphatic carbocycles. The van der Waals surface area contributed by atoms with Crippen LogP contribution in [0.25, 0.3) is 11.3 Å². The van der Waals surface area contributed by atoms with Crippen molar-refractivity contribution in [3.8, 4) is 17.0 Å². The lowest BCUT2D eigenvalue weighted by atomic mass is 10.1. The van der Waals surface area contributed by atoms with Crippen molar-refractivity contribution in [3.05, 3.63) is 71.7 Å². The largest absolute Gasteiger partial charge is 0.497 e. The maximum Gasteiger partial charge on any atom is 0.354 e. The molecule has 0 aliphatic heterocycles. The van der Waals surface area contributed by atoms with Gasteiger partial charge in [0.15, 0.2) is 0 Å². The fourth-order valence-electron chi connectivity index (χ4n) is 2.38. The first-order valence-electron chi connectivity index (χ1n) is 7.27. The zero-order chi connectivity index (χ0) is 17.1. The van der Waals surface area contributed by atoms with E-state index in [0.717, 1.165) is 11.1 Å². The van der Waals surface area contributed by atoms with Gasteiger partial charge in [-0.05, 0) is 48.0 Å². The second kappa shape index (κ2) is 6.54. The van der Waals surface area contributed by atoms with Crippen LogP contribution in [0.2, 0.25) is 0 Å². The van der Waals surface area contributed by atoms with E-state index in [1.807, 2.05) is 12.1 Å². The summed E-state index contributed by atoms with van der Waals surface area (Å²) in [7, 11) is 1.58. The summed E-state index contributed by atoms with van der Waals surface area (Å²) >= 11 is 0. The molecule has 2 aromatic carbocycles. The van der Waals surface area contributed by atoms with E-state index in [2.05, 4.69) is 5.10 Å². The van der Waals surface area contributed by atoms with Crippen LogP contribution in [0.5, 0.6) is 5.75 Å². The Balaban J connectivity index is 1.94. The van der Waals surface area contributed by atoms with E-state index in [9.17, 15) is 14.3 Å². The number of benzene rings is 2. The number of rotatable bonds is 5. The third-order valence-electron chi connectivity index (χ3n) is 3.63. The van der Waals surface area contributed by atoms with Gasteiger partial charge in [-0.3, -0.25) is 4.68 Å². The molecule has 1 N–H and O–H groups in total. The molecule has 0 saturated heterocycles. The van der Waals surface area contributed by atoms with Crippen LogP contribution in [0.1, 0.15) is 16.1 Å². The van der Waals surface area contributed by atoms with Crippen molar-refractivity contribution in [3.63, 3.8) is 0 Å². The molecule has 24 heavy (non-hydrogen) atoms. The molecular weight excluding hydrogens is 311 g/mol. The van der Waals surface area contributed by atoms with Crippen LogP contribution in [0.4, 0.5) is 4.39 Å². The first-order chi connectivity index (χ1) is 11.6. The monoisotopic (exact) mass is 326 g/mol. The van der Waals surface area contributed by atoms with Gasteiger partial charge in [-0.1, -0.05) is 12.1 Å². The fraction of sp³-hybridized carbons (Fsp3) is 0.111. The van der Waals surface area contributed by atoms with Gasteiger partial charge in [0.2, 0.25) is 0 Å². The van der Waals surface area contributed by atoms with E-state index < -0.39 is 5.97 Å². The topological polar surface area (TPSA) is 64.3 Å². The minimum atomic E-state index is -1.07. The number of nitrogens with zero attached hydrogens (tertiary/aromatic N) is 2. The molecule has 3 rings (SSSR count). The van der Waals surface area contributed by atoms with Gasteiger partial charge < -0.3 is 9.84 Å². The lowest BCUT2D eigenvalue weighted by Gasteiger charge is -2.05. The molecule has 122 valence electrons. The summed E-state index contributed by atoms with van der Waals surface area (Å²) in [5.74, 6) is -0.691. The number of ether oxygens (including phenoxy) is 1. The van der Waals surface area contributed by atoms with Crippen molar-refractivity contribution < 1.29 is 19.0 Å². The molecule has 0 atom stereocenters. The standard InChI is InChI=1S/C18H15FN2O3/c1-24-15-8-4-13(5-9-15)16-10-17(18(22)23)21(20-16)11-12-2-6-14(19)7-3-12/h2-10H,11H2,1H3,(H,22,23). The summed E-state index contributed by atoms with van der Waals surface area (Å²) in [5.41, 5.74) is 2.18. The van der Waals surface area contributed by atoms with E-state index in [-0.39, 0.29) is 18.1 Å². The van der Waals surface area contributed by atoms with Gasteiger partial charge in [0.1, 0.15) is 17.3 Å². The maximum atomic E-state index is 13.0. The average Bonchev–Trinajstić information content (AvgIpc) is 3.01. The number of hydrogen-bond donors (Lipinski definition) is 1. The van der Waals surface area contributed by atoms with E-state index in [0.29, 0.717) is 11.4 Å². The van der Waals surface area contributed by atoms with Crippen molar-refractivity contribution in [1.29, 1.82) is 0 Å². The third kappa shape index (κ3) is 3.27. The zero-order valence-corrected chi connectivity index (χ0v) is 12.9. The molecule has 1 aromatic heterocycles. The molecule has 0 unspecified atom stereocenters. The first kappa shape index (κ1) is 15.7. The lowest BCUT2D eigenvalue weighted by molar-refractivity contribution is 0.0684. The Kier molecular flexibility index (Phi) is 4.29. The van der Waals surface area contributed by atoms with Gasteiger partial charge in [0, 0.05) is 5.56 Å². The molecule has 5 nitrogen and oxygen atoms in total. The number of carboxylic acid groups (broad SMARTS) is 1. The summed E-state index contributed by atoms with van der Waals surface area (Å²) < 4.78 is 19.5. The molecule has 0 amide bonds. The number of carboxylic acids is 1. The second-order valence-electron chi connectivity index (χ2n) is 5.23. The molecule has 0 spiro atoms. The number of aromatic nitrogens is 2. The Morgan fingerprint density at radius 2 is 1.83 bits per heavy atom. The fourth-order valence-corrected chi connectivity index (χ4v) is 2.38. The van der Waals surface area contributed by atoms with Crippen molar-refractivity contribution in [2.45, 2.75) is 6.54 Å². The zero-order valence-electron chi connectivity index (χ0n) is 12.9.